The van der Waals surface area contributed by atoms with Crippen LogP contribution >= 0.6 is 11.6 Å². The fraction of sp³-hybridized carbons (Fsp3) is 0.667. The molecular formula is C18H27ClN2O. The third kappa shape index (κ3) is 3.65. The molecule has 1 heterocycles. The van der Waals surface area contributed by atoms with Gasteiger partial charge >= 0.3 is 0 Å². The number of hydrogen-bond acceptors (Lipinski definition) is 3. The van der Waals surface area contributed by atoms with E-state index < -0.39 is 5.60 Å². The Bertz CT molecular complexity index is 502. The number of nitrogens with two attached hydrogens (primary N) is 1. The van der Waals surface area contributed by atoms with Gasteiger partial charge in [0.2, 0.25) is 0 Å². The smallest absolute Gasteiger partial charge is 0.0728 e. The lowest BCUT2D eigenvalue weighted by molar-refractivity contribution is -0.0294. The zero-order valence-corrected chi connectivity index (χ0v) is 13.9. The van der Waals surface area contributed by atoms with Crippen LogP contribution in [0.4, 0.5) is 0 Å². The van der Waals surface area contributed by atoms with Gasteiger partial charge in [-0.05, 0) is 43.5 Å². The summed E-state index contributed by atoms with van der Waals surface area (Å²) in [6.45, 7) is 2.85. The molecule has 1 aromatic rings. The van der Waals surface area contributed by atoms with Crippen LogP contribution in [-0.4, -0.2) is 41.3 Å². The molecule has 0 spiro atoms. The van der Waals surface area contributed by atoms with E-state index in [-0.39, 0.29) is 12.0 Å². The van der Waals surface area contributed by atoms with Gasteiger partial charge in [-0.25, -0.2) is 0 Å². The Kier molecular flexibility index (Phi) is 5.08. The number of likely N-dealkylation sites (tertiary alicyclic amines) is 1. The first-order valence-corrected chi connectivity index (χ1v) is 8.90. The van der Waals surface area contributed by atoms with Crippen LogP contribution in [0.15, 0.2) is 24.3 Å². The lowest BCUT2D eigenvalue weighted by Gasteiger charge is -2.41. The Morgan fingerprint density at radius 1 is 1.32 bits per heavy atom. The molecule has 3 N–H and O–H groups in total. The molecule has 0 bridgehead atoms. The highest BCUT2D eigenvalue weighted by atomic mass is 35.5. The van der Waals surface area contributed by atoms with Crippen molar-refractivity contribution in [3.05, 3.63) is 34.9 Å². The van der Waals surface area contributed by atoms with Crippen molar-refractivity contribution in [1.29, 1.82) is 0 Å². The van der Waals surface area contributed by atoms with Gasteiger partial charge in [0.05, 0.1) is 5.60 Å². The van der Waals surface area contributed by atoms with Gasteiger partial charge in [-0.3, -0.25) is 0 Å². The fourth-order valence-electron chi connectivity index (χ4n) is 4.11. The van der Waals surface area contributed by atoms with E-state index in [1.807, 2.05) is 18.2 Å². The van der Waals surface area contributed by atoms with Gasteiger partial charge in [0.25, 0.3) is 0 Å². The van der Waals surface area contributed by atoms with Crippen molar-refractivity contribution in [2.24, 2.45) is 5.73 Å². The number of rotatable bonds is 4. The average Bonchev–Trinajstić information content (AvgIpc) is 2.91. The topological polar surface area (TPSA) is 49.5 Å². The van der Waals surface area contributed by atoms with Crippen LogP contribution in [-0.2, 0) is 0 Å². The lowest BCUT2D eigenvalue weighted by Crippen LogP contribution is -2.44. The molecule has 3 rings (SSSR count). The average molecular weight is 323 g/mol. The van der Waals surface area contributed by atoms with Crippen LogP contribution < -0.4 is 5.73 Å². The largest absolute Gasteiger partial charge is 0.389 e. The first kappa shape index (κ1) is 16.3. The minimum absolute atomic E-state index is 0.122. The summed E-state index contributed by atoms with van der Waals surface area (Å²) in [4.78, 5) is 2.41. The SMILES string of the molecule is N[C@H]1CCN(C[C@H](c2cccc(Cl)c2)C2(O)CCCCC2)C1. The van der Waals surface area contributed by atoms with Crippen molar-refractivity contribution in [1.82, 2.24) is 4.90 Å². The van der Waals surface area contributed by atoms with Gasteiger partial charge in [0, 0.05) is 30.1 Å². The summed E-state index contributed by atoms with van der Waals surface area (Å²) in [6, 6.07) is 8.31. The molecule has 4 heteroatoms. The zero-order valence-electron chi connectivity index (χ0n) is 13.2. The molecule has 1 saturated heterocycles. The maximum Gasteiger partial charge on any atom is 0.0728 e. The first-order chi connectivity index (χ1) is 10.6. The van der Waals surface area contributed by atoms with E-state index in [0.717, 1.165) is 62.3 Å². The second kappa shape index (κ2) is 6.88. The molecule has 1 aliphatic heterocycles. The lowest BCUT2D eigenvalue weighted by atomic mass is 9.72. The van der Waals surface area contributed by atoms with Gasteiger partial charge in [0.15, 0.2) is 0 Å². The molecule has 1 aromatic carbocycles. The Morgan fingerprint density at radius 3 is 2.73 bits per heavy atom. The number of halogens is 1. The van der Waals surface area contributed by atoms with Gasteiger partial charge < -0.3 is 15.7 Å². The summed E-state index contributed by atoms with van der Waals surface area (Å²) in [5.41, 5.74) is 6.61. The highest BCUT2D eigenvalue weighted by Crippen LogP contribution is 2.41. The second-order valence-electron chi connectivity index (χ2n) is 7.08. The highest BCUT2D eigenvalue weighted by Gasteiger charge is 2.40. The van der Waals surface area contributed by atoms with E-state index in [1.54, 1.807) is 0 Å². The van der Waals surface area contributed by atoms with Crippen LogP contribution in [0, 0.1) is 0 Å². The van der Waals surface area contributed by atoms with Crippen molar-refractivity contribution in [2.45, 2.75) is 56.1 Å². The molecular weight excluding hydrogens is 296 g/mol. The van der Waals surface area contributed by atoms with Crippen molar-refractivity contribution in [3.8, 4) is 0 Å². The van der Waals surface area contributed by atoms with Crippen molar-refractivity contribution in [3.63, 3.8) is 0 Å². The van der Waals surface area contributed by atoms with Crippen molar-refractivity contribution >= 4 is 11.6 Å². The minimum Gasteiger partial charge on any atom is -0.389 e. The molecule has 122 valence electrons. The number of nitrogens with zero attached hydrogens (tertiary/aromatic N) is 1. The predicted octanol–water partition coefficient (Wildman–Crippen LogP) is 3.15. The van der Waals surface area contributed by atoms with E-state index in [9.17, 15) is 5.11 Å². The monoisotopic (exact) mass is 322 g/mol. The maximum absolute atomic E-state index is 11.3. The Hall–Kier alpha value is -0.610. The van der Waals surface area contributed by atoms with E-state index in [2.05, 4.69) is 11.0 Å². The molecule has 2 fully saturated rings. The first-order valence-electron chi connectivity index (χ1n) is 8.53. The summed E-state index contributed by atoms with van der Waals surface area (Å²) in [7, 11) is 0. The summed E-state index contributed by atoms with van der Waals surface area (Å²) >= 11 is 6.20. The van der Waals surface area contributed by atoms with E-state index >= 15 is 0 Å². The van der Waals surface area contributed by atoms with Gasteiger partial charge in [-0.15, -0.1) is 0 Å². The number of hydrogen-bond donors (Lipinski definition) is 2. The molecule has 1 saturated carbocycles. The van der Waals surface area contributed by atoms with E-state index in [1.165, 1.54) is 6.42 Å². The van der Waals surface area contributed by atoms with Gasteiger partial charge in [-0.1, -0.05) is 43.0 Å². The molecule has 0 radical (unpaired) electrons. The van der Waals surface area contributed by atoms with Crippen molar-refractivity contribution < 1.29 is 5.11 Å². The summed E-state index contributed by atoms with van der Waals surface area (Å²) < 4.78 is 0. The second-order valence-corrected chi connectivity index (χ2v) is 7.52. The highest BCUT2D eigenvalue weighted by molar-refractivity contribution is 6.30. The summed E-state index contributed by atoms with van der Waals surface area (Å²) in [6.07, 6.45) is 6.31. The molecule has 0 aromatic heterocycles. The molecule has 22 heavy (non-hydrogen) atoms. The normalized spacial score (nSPS) is 27.0. The molecule has 0 amide bonds. The Labute approximate surface area is 138 Å². The molecule has 0 unspecified atom stereocenters. The van der Waals surface area contributed by atoms with Crippen LogP contribution in [0.3, 0.4) is 0 Å². The predicted molar refractivity (Wildman–Crippen MR) is 91.3 cm³/mol. The molecule has 1 aliphatic carbocycles. The molecule has 2 atom stereocenters. The Morgan fingerprint density at radius 2 is 2.09 bits per heavy atom. The van der Waals surface area contributed by atoms with Gasteiger partial charge in [0.1, 0.15) is 0 Å². The zero-order chi connectivity index (χ0) is 15.6. The maximum atomic E-state index is 11.3. The quantitative estimate of drug-likeness (QED) is 0.895. The van der Waals surface area contributed by atoms with E-state index in [0.29, 0.717) is 0 Å². The van der Waals surface area contributed by atoms with Crippen LogP contribution in [0.1, 0.15) is 50.0 Å². The fourth-order valence-corrected chi connectivity index (χ4v) is 4.31. The third-order valence-electron chi connectivity index (χ3n) is 5.37. The number of aliphatic hydroxyl groups is 1. The summed E-state index contributed by atoms with van der Waals surface area (Å²) in [5, 5.41) is 12.1. The van der Waals surface area contributed by atoms with Crippen molar-refractivity contribution in [2.75, 3.05) is 19.6 Å². The van der Waals surface area contributed by atoms with Crippen LogP contribution in [0.2, 0.25) is 5.02 Å². The molecule has 3 nitrogen and oxygen atoms in total. The van der Waals surface area contributed by atoms with Crippen LogP contribution in [0.25, 0.3) is 0 Å². The minimum atomic E-state index is -0.602. The standard InChI is InChI=1S/C18H27ClN2O/c19-15-6-4-5-14(11-15)17(13-21-10-7-16(20)12-21)18(22)8-2-1-3-9-18/h4-6,11,16-17,22H,1-3,7-10,12-13,20H2/t16-,17+/m0/s1. The van der Waals surface area contributed by atoms with E-state index in [4.69, 9.17) is 17.3 Å². The molecule has 2 aliphatic rings. The van der Waals surface area contributed by atoms with Gasteiger partial charge in [-0.2, -0.15) is 0 Å². The Balaban J connectivity index is 1.84. The summed E-state index contributed by atoms with van der Waals surface area (Å²) in [5.74, 6) is 0.122. The number of benzene rings is 1. The van der Waals surface area contributed by atoms with Crippen LogP contribution in [0.5, 0.6) is 0 Å². The third-order valence-corrected chi connectivity index (χ3v) is 5.60.